The monoisotopic (exact) mass is 198 g/mol. The van der Waals surface area contributed by atoms with Gasteiger partial charge in [0, 0.05) is 26.2 Å². The summed E-state index contributed by atoms with van der Waals surface area (Å²) in [5.41, 5.74) is 0. The molecule has 2 aliphatic rings. The lowest BCUT2D eigenvalue weighted by Gasteiger charge is -2.16. The minimum Gasteiger partial charge on any atom is -0.474 e. The second-order valence-corrected chi connectivity index (χ2v) is 4.26. The Balaban J connectivity index is 1.97. The van der Waals surface area contributed by atoms with Crippen molar-refractivity contribution in [1.29, 1.82) is 0 Å². The van der Waals surface area contributed by atoms with E-state index in [1.165, 1.54) is 4.90 Å². The van der Waals surface area contributed by atoms with Crippen LogP contribution in [0.15, 0.2) is 0 Å². The van der Waals surface area contributed by atoms with Gasteiger partial charge in [0.2, 0.25) is 0 Å². The molecule has 0 spiro atoms. The molecule has 0 radical (unpaired) electrons. The molecule has 2 rings (SSSR count). The lowest BCUT2D eigenvalue weighted by molar-refractivity contribution is -0.155. The standard InChI is InChI=1S/C9H14N2O3/c1-10-2-6-4-11(5-7(6)3-10)8(12)9(13)14/h6-7H,2-5H2,1H3,(H,13,14)/t6-,7+. The average molecular weight is 198 g/mol. The number of aliphatic carboxylic acids is 1. The maximum absolute atomic E-state index is 11.2. The normalized spacial score (nSPS) is 31.9. The van der Waals surface area contributed by atoms with Gasteiger partial charge in [0.05, 0.1) is 0 Å². The van der Waals surface area contributed by atoms with E-state index < -0.39 is 11.9 Å². The molecule has 0 unspecified atom stereocenters. The van der Waals surface area contributed by atoms with Crippen molar-refractivity contribution in [2.75, 3.05) is 33.2 Å². The Kier molecular flexibility index (Phi) is 2.19. The molecule has 2 fully saturated rings. The highest BCUT2D eigenvalue weighted by molar-refractivity contribution is 6.31. The highest BCUT2D eigenvalue weighted by atomic mass is 16.4. The highest BCUT2D eigenvalue weighted by Crippen LogP contribution is 2.29. The zero-order chi connectivity index (χ0) is 10.3. The summed E-state index contributed by atoms with van der Waals surface area (Å²) < 4.78 is 0. The van der Waals surface area contributed by atoms with Crippen LogP contribution >= 0.6 is 0 Å². The molecule has 0 aromatic heterocycles. The molecule has 0 bridgehead atoms. The molecular weight excluding hydrogens is 184 g/mol. The van der Waals surface area contributed by atoms with Gasteiger partial charge in [-0.15, -0.1) is 0 Å². The molecule has 1 amide bonds. The zero-order valence-electron chi connectivity index (χ0n) is 8.14. The minimum atomic E-state index is -1.33. The molecule has 2 saturated heterocycles. The van der Waals surface area contributed by atoms with Gasteiger partial charge < -0.3 is 14.9 Å². The van der Waals surface area contributed by atoms with Crippen molar-refractivity contribution in [2.24, 2.45) is 11.8 Å². The van der Waals surface area contributed by atoms with Gasteiger partial charge in [0.15, 0.2) is 0 Å². The molecule has 0 aliphatic carbocycles. The number of carboxylic acid groups (broad SMARTS) is 1. The third-order valence-corrected chi connectivity index (χ3v) is 3.14. The second-order valence-electron chi connectivity index (χ2n) is 4.26. The van der Waals surface area contributed by atoms with Crippen molar-refractivity contribution in [3.63, 3.8) is 0 Å². The quantitative estimate of drug-likeness (QED) is 0.512. The topological polar surface area (TPSA) is 60.9 Å². The number of nitrogens with zero attached hydrogens (tertiary/aromatic N) is 2. The van der Waals surface area contributed by atoms with E-state index in [9.17, 15) is 9.59 Å². The minimum absolute atomic E-state index is 0.475. The van der Waals surface area contributed by atoms with Crippen LogP contribution < -0.4 is 0 Å². The zero-order valence-corrected chi connectivity index (χ0v) is 8.14. The summed E-state index contributed by atoms with van der Waals surface area (Å²) in [6, 6.07) is 0. The number of rotatable bonds is 0. The Hall–Kier alpha value is -1.10. The van der Waals surface area contributed by atoms with E-state index in [0.29, 0.717) is 24.9 Å². The van der Waals surface area contributed by atoms with Crippen molar-refractivity contribution in [2.45, 2.75) is 0 Å². The van der Waals surface area contributed by atoms with Crippen molar-refractivity contribution in [3.05, 3.63) is 0 Å². The van der Waals surface area contributed by atoms with Gasteiger partial charge in [-0.25, -0.2) is 4.79 Å². The summed E-state index contributed by atoms with van der Waals surface area (Å²) >= 11 is 0. The summed E-state index contributed by atoms with van der Waals surface area (Å²) in [7, 11) is 2.06. The summed E-state index contributed by atoms with van der Waals surface area (Å²) in [5.74, 6) is -1.13. The van der Waals surface area contributed by atoms with Crippen LogP contribution in [-0.4, -0.2) is 60.0 Å². The number of carboxylic acids is 1. The fourth-order valence-electron chi connectivity index (χ4n) is 2.53. The van der Waals surface area contributed by atoms with E-state index >= 15 is 0 Å². The van der Waals surface area contributed by atoms with Crippen LogP contribution in [0.3, 0.4) is 0 Å². The van der Waals surface area contributed by atoms with Crippen molar-refractivity contribution < 1.29 is 14.7 Å². The van der Waals surface area contributed by atoms with Gasteiger partial charge in [-0.3, -0.25) is 4.79 Å². The SMILES string of the molecule is CN1C[C@@H]2CN(C(=O)C(=O)O)C[C@@H]2C1. The number of carbonyl (C=O) groups is 2. The van der Waals surface area contributed by atoms with Gasteiger partial charge in [-0.2, -0.15) is 0 Å². The summed E-state index contributed by atoms with van der Waals surface area (Å²) in [4.78, 5) is 25.3. The predicted molar refractivity (Wildman–Crippen MR) is 48.7 cm³/mol. The molecular formula is C9H14N2O3. The molecule has 2 heterocycles. The average Bonchev–Trinajstić information content (AvgIpc) is 2.59. The van der Waals surface area contributed by atoms with Crippen molar-refractivity contribution in [1.82, 2.24) is 9.80 Å². The van der Waals surface area contributed by atoms with E-state index in [1.807, 2.05) is 0 Å². The first-order valence-corrected chi connectivity index (χ1v) is 4.78. The van der Waals surface area contributed by atoms with Crippen molar-refractivity contribution >= 4 is 11.9 Å². The number of hydrogen-bond acceptors (Lipinski definition) is 3. The highest BCUT2D eigenvalue weighted by Gasteiger charge is 2.41. The smallest absolute Gasteiger partial charge is 0.394 e. The molecule has 0 aromatic rings. The van der Waals surface area contributed by atoms with Crippen LogP contribution in [0.2, 0.25) is 0 Å². The summed E-state index contributed by atoms with van der Waals surface area (Å²) in [5, 5.41) is 8.56. The summed E-state index contributed by atoms with van der Waals surface area (Å²) in [6.07, 6.45) is 0. The Morgan fingerprint density at radius 2 is 1.64 bits per heavy atom. The fraction of sp³-hybridized carbons (Fsp3) is 0.778. The number of fused-ring (bicyclic) bond motifs is 1. The van der Waals surface area contributed by atoms with Gasteiger partial charge >= 0.3 is 11.9 Å². The third kappa shape index (κ3) is 1.48. The number of amides is 1. The van der Waals surface area contributed by atoms with Crippen LogP contribution in [-0.2, 0) is 9.59 Å². The van der Waals surface area contributed by atoms with E-state index in [-0.39, 0.29) is 0 Å². The third-order valence-electron chi connectivity index (χ3n) is 3.14. The Bertz CT molecular complexity index is 265. The lowest BCUT2D eigenvalue weighted by atomic mass is 10.0. The lowest BCUT2D eigenvalue weighted by Crippen LogP contribution is -2.36. The maximum Gasteiger partial charge on any atom is 0.394 e. The van der Waals surface area contributed by atoms with Crippen molar-refractivity contribution in [3.8, 4) is 0 Å². The number of carbonyl (C=O) groups excluding carboxylic acids is 1. The molecule has 5 heteroatoms. The molecule has 2 atom stereocenters. The Labute approximate surface area is 82.3 Å². The summed E-state index contributed by atoms with van der Waals surface area (Å²) in [6.45, 7) is 3.18. The molecule has 5 nitrogen and oxygen atoms in total. The first-order valence-electron chi connectivity index (χ1n) is 4.78. The van der Waals surface area contributed by atoms with Crippen LogP contribution in [0.5, 0.6) is 0 Å². The van der Waals surface area contributed by atoms with Crippen LogP contribution in [0.25, 0.3) is 0 Å². The van der Waals surface area contributed by atoms with Gasteiger partial charge in [0.1, 0.15) is 0 Å². The van der Waals surface area contributed by atoms with E-state index in [2.05, 4.69) is 11.9 Å². The molecule has 0 aromatic carbocycles. The molecule has 78 valence electrons. The number of likely N-dealkylation sites (tertiary alicyclic amines) is 2. The molecule has 2 aliphatic heterocycles. The first-order chi connectivity index (χ1) is 6.58. The van der Waals surface area contributed by atoms with Crippen LogP contribution in [0, 0.1) is 11.8 Å². The van der Waals surface area contributed by atoms with Crippen LogP contribution in [0.1, 0.15) is 0 Å². The fourth-order valence-corrected chi connectivity index (χ4v) is 2.53. The number of hydrogen-bond donors (Lipinski definition) is 1. The van der Waals surface area contributed by atoms with Crippen LogP contribution in [0.4, 0.5) is 0 Å². The van der Waals surface area contributed by atoms with Gasteiger partial charge in [-0.05, 0) is 18.9 Å². The van der Waals surface area contributed by atoms with Gasteiger partial charge in [-0.1, -0.05) is 0 Å². The molecule has 14 heavy (non-hydrogen) atoms. The molecule has 1 N–H and O–H groups in total. The Morgan fingerprint density at radius 1 is 1.14 bits per heavy atom. The maximum atomic E-state index is 11.2. The molecule has 0 saturated carbocycles. The largest absolute Gasteiger partial charge is 0.474 e. The van der Waals surface area contributed by atoms with E-state index in [0.717, 1.165) is 13.1 Å². The van der Waals surface area contributed by atoms with E-state index in [4.69, 9.17) is 5.11 Å². The second kappa shape index (κ2) is 3.24. The first kappa shape index (κ1) is 9.45. The Morgan fingerprint density at radius 3 is 2.07 bits per heavy atom. The van der Waals surface area contributed by atoms with E-state index in [1.54, 1.807) is 0 Å². The van der Waals surface area contributed by atoms with Gasteiger partial charge in [0.25, 0.3) is 0 Å². The predicted octanol–water partition coefficient (Wildman–Crippen LogP) is -0.909.